The van der Waals surface area contributed by atoms with Gasteiger partial charge in [0.25, 0.3) is 0 Å². The molecule has 0 spiro atoms. The SMILES string of the molecule is CC(C)(C)OC(=O)/C(C#N)=C/c1ccc(-c2cc3sc(-c4ccc5c(c4)C4C(C6CC[C@H]4C6)N5c4ccccc4)cc3s2)s1. The molecule has 3 aromatic heterocycles. The molecule has 0 saturated heterocycles. The number of rotatable bonds is 5. The summed E-state index contributed by atoms with van der Waals surface area (Å²) >= 11 is 5.25. The number of nitrogens with zero attached hydrogens (tertiary/aromatic N) is 2. The Balaban J connectivity index is 1.07. The van der Waals surface area contributed by atoms with Gasteiger partial charge >= 0.3 is 5.97 Å². The van der Waals surface area contributed by atoms with Crippen molar-refractivity contribution in [2.45, 2.75) is 57.6 Å². The van der Waals surface area contributed by atoms with Crippen LogP contribution in [0.5, 0.6) is 0 Å². The van der Waals surface area contributed by atoms with E-state index >= 15 is 0 Å². The first-order valence-electron chi connectivity index (χ1n) is 15.2. The highest BCUT2D eigenvalue weighted by Gasteiger charge is 2.55. The van der Waals surface area contributed by atoms with Gasteiger partial charge in [-0.05, 0) is 118 Å². The second-order valence-electron chi connectivity index (χ2n) is 13.2. The molecular formula is C37H32N2O2S3. The van der Waals surface area contributed by atoms with E-state index in [0.717, 1.165) is 21.6 Å². The maximum absolute atomic E-state index is 12.4. The Kier molecular flexibility index (Phi) is 6.60. The molecule has 8 rings (SSSR count). The van der Waals surface area contributed by atoms with E-state index in [-0.39, 0.29) is 5.57 Å². The highest BCUT2D eigenvalue weighted by molar-refractivity contribution is 7.32. The average Bonchev–Trinajstić information content (AvgIpc) is 3.83. The summed E-state index contributed by atoms with van der Waals surface area (Å²) in [7, 11) is 0. The number of benzene rings is 2. The monoisotopic (exact) mass is 632 g/mol. The summed E-state index contributed by atoms with van der Waals surface area (Å²) in [5, 5.41) is 9.54. The van der Waals surface area contributed by atoms with E-state index < -0.39 is 11.6 Å². The number of hydrogen-bond acceptors (Lipinski definition) is 7. The molecule has 4 atom stereocenters. The van der Waals surface area contributed by atoms with Gasteiger partial charge < -0.3 is 9.64 Å². The van der Waals surface area contributed by atoms with Crippen LogP contribution in [-0.2, 0) is 9.53 Å². The number of ether oxygens (including phenoxy) is 1. The van der Waals surface area contributed by atoms with E-state index in [1.165, 1.54) is 55.4 Å². The fourth-order valence-electron chi connectivity index (χ4n) is 7.60. The van der Waals surface area contributed by atoms with Crippen molar-refractivity contribution in [3.05, 3.63) is 88.8 Å². The molecule has 0 radical (unpaired) electrons. The lowest BCUT2D eigenvalue weighted by atomic mass is 9.82. The summed E-state index contributed by atoms with van der Waals surface area (Å²) in [4.78, 5) is 19.6. The summed E-state index contributed by atoms with van der Waals surface area (Å²) < 4.78 is 7.98. The van der Waals surface area contributed by atoms with Gasteiger partial charge in [-0.15, -0.1) is 34.0 Å². The minimum Gasteiger partial charge on any atom is -0.456 e. The minimum absolute atomic E-state index is 0.0168. The molecule has 0 N–H and O–H groups in total. The van der Waals surface area contributed by atoms with E-state index in [9.17, 15) is 10.1 Å². The zero-order chi connectivity index (χ0) is 30.2. The van der Waals surface area contributed by atoms with Crippen LogP contribution >= 0.6 is 34.0 Å². The van der Waals surface area contributed by atoms with Crippen LogP contribution in [0.2, 0.25) is 0 Å². The third-order valence-electron chi connectivity index (χ3n) is 9.24. The van der Waals surface area contributed by atoms with Crippen LogP contribution in [0.4, 0.5) is 11.4 Å². The van der Waals surface area contributed by atoms with Crippen molar-refractivity contribution >= 4 is 66.8 Å². The molecule has 4 heterocycles. The molecule has 220 valence electrons. The molecule has 0 amide bonds. The summed E-state index contributed by atoms with van der Waals surface area (Å²) in [5.41, 5.74) is 4.97. The average molecular weight is 633 g/mol. The van der Waals surface area contributed by atoms with Crippen molar-refractivity contribution in [2.24, 2.45) is 11.8 Å². The number of fused-ring (bicyclic) bond motifs is 8. The first-order chi connectivity index (χ1) is 21.3. The fourth-order valence-corrected chi connectivity index (χ4v) is 11.0. The van der Waals surface area contributed by atoms with Gasteiger partial charge in [-0.2, -0.15) is 5.26 Å². The van der Waals surface area contributed by atoms with E-state index in [1.54, 1.807) is 55.1 Å². The van der Waals surface area contributed by atoms with E-state index in [4.69, 9.17) is 4.74 Å². The third-order valence-corrected chi connectivity index (χ3v) is 12.8. The Morgan fingerprint density at radius 1 is 0.909 bits per heavy atom. The molecule has 44 heavy (non-hydrogen) atoms. The molecule has 2 bridgehead atoms. The second kappa shape index (κ2) is 10.4. The van der Waals surface area contributed by atoms with Crippen molar-refractivity contribution in [3.63, 3.8) is 0 Å². The lowest BCUT2D eigenvalue weighted by molar-refractivity contribution is -0.149. The molecule has 5 aromatic rings. The normalized spacial score (nSPS) is 22.3. The second-order valence-corrected chi connectivity index (χ2v) is 16.4. The summed E-state index contributed by atoms with van der Waals surface area (Å²) in [5.74, 6) is 1.65. The highest BCUT2D eigenvalue weighted by atomic mass is 32.1. The van der Waals surface area contributed by atoms with Crippen molar-refractivity contribution in [2.75, 3.05) is 4.90 Å². The Morgan fingerprint density at radius 2 is 1.66 bits per heavy atom. The quantitative estimate of drug-likeness (QED) is 0.110. The van der Waals surface area contributed by atoms with Crippen LogP contribution in [0.15, 0.2) is 78.4 Å². The zero-order valence-corrected chi connectivity index (χ0v) is 27.3. The summed E-state index contributed by atoms with van der Waals surface area (Å²) in [6, 6.07) is 29.4. The smallest absolute Gasteiger partial charge is 0.349 e. The topological polar surface area (TPSA) is 53.3 Å². The Bertz CT molecular complexity index is 1950. The Labute approximate surface area is 269 Å². The van der Waals surface area contributed by atoms with Gasteiger partial charge in [0.15, 0.2) is 0 Å². The molecule has 2 aliphatic carbocycles. The van der Waals surface area contributed by atoms with E-state index in [0.29, 0.717) is 12.0 Å². The first kappa shape index (κ1) is 27.8. The van der Waals surface area contributed by atoms with E-state index in [2.05, 4.69) is 71.6 Å². The van der Waals surface area contributed by atoms with Gasteiger partial charge in [0.1, 0.15) is 17.2 Å². The van der Waals surface area contributed by atoms with Gasteiger partial charge in [0.05, 0.1) is 0 Å². The molecule has 2 fully saturated rings. The van der Waals surface area contributed by atoms with Crippen LogP contribution in [0.3, 0.4) is 0 Å². The van der Waals surface area contributed by atoms with Crippen molar-refractivity contribution in [3.8, 4) is 26.3 Å². The molecule has 2 saturated carbocycles. The summed E-state index contributed by atoms with van der Waals surface area (Å²) in [6.45, 7) is 5.40. The maximum atomic E-state index is 12.4. The molecule has 4 nitrogen and oxygen atoms in total. The van der Waals surface area contributed by atoms with Gasteiger partial charge in [-0.3, -0.25) is 0 Å². The molecule has 3 unspecified atom stereocenters. The molecule has 2 aromatic carbocycles. The number of nitriles is 1. The van der Waals surface area contributed by atoms with Crippen molar-refractivity contribution < 1.29 is 9.53 Å². The number of hydrogen-bond donors (Lipinski definition) is 0. The van der Waals surface area contributed by atoms with Crippen molar-refractivity contribution in [1.82, 2.24) is 0 Å². The molecule has 1 aliphatic heterocycles. The zero-order valence-electron chi connectivity index (χ0n) is 24.9. The van der Waals surface area contributed by atoms with Gasteiger partial charge in [0, 0.05) is 52.2 Å². The van der Waals surface area contributed by atoms with Crippen LogP contribution in [-0.4, -0.2) is 17.6 Å². The van der Waals surface area contributed by atoms with Crippen LogP contribution < -0.4 is 4.90 Å². The Morgan fingerprint density at radius 3 is 2.43 bits per heavy atom. The van der Waals surface area contributed by atoms with Gasteiger partial charge in [0.2, 0.25) is 0 Å². The number of para-hydroxylation sites is 1. The largest absolute Gasteiger partial charge is 0.456 e. The molecular weight excluding hydrogens is 601 g/mol. The van der Waals surface area contributed by atoms with Gasteiger partial charge in [-0.1, -0.05) is 24.3 Å². The van der Waals surface area contributed by atoms with Crippen molar-refractivity contribution in [1.29, 1.82) is 5.26 Å². The fraction of sp³-hybridized carbons (Fsp3) is 0.297. The number of thiophene rings is 3. The molecule has 7 heteroatoms. The van der Waals surface area contributed by atoms with Crippen LogP contribution in [0, 0.1) is 23.2 Å². The number of carbonyl (C=O) groups excluding carboxylic acids is 1. The maximum Gasteiger partial charge on any atom is 0.349 e. The lowest BCUT2D eigenvalue weighted by Crippen LogP contribution is -2.35. The number of carbonyl (C=O) groups is 1. The minimum atomic E-state index is -0.643. The first-order valence-corrected chi connectivity index (χ1v) is 17.7. The molecule has 3 aliphatic rings. The predicted molar refractivity (Wildman–Crippen MR) is 184 cm³/mol. The summed E-state index contributed by atoms with van der Waals surface area (Å²) in [6.07, 6.45) is 5.74. The lowest BCUT2D eigenvalue weighted by Gasteiger charge is -2.33. The number of esters is 1. The third kappa shape index (κ3) is 4.72. The van der Waals surface area contributed by atoms with Crippen LogP contribution in [0.25, 0.3) is 35.7 Å². The van der Waals surface area contributed by atoms with Gasteiger partial charge in [-0.25, -0.2) is 4.79 Å². The number of anilines is 2. The van der Waals surface area contributed by atoms with Crippen LogP contribution in [0.1, 0.15) is 56.4 Å². The standard InChI is InChI=1S/C37H32N2O2S3/c1-37(2,3)41-36(40)24(20-38)16-26-12-14-29(42-26)31-19-33-32(44-31)18-30(43-33)21-11-13-28-27(17-21)34-22-9-10-23(15-22)35(34)39(28)25-7-5-4-6-8-25/h4-8,11-14,16-19,22-23,34-35H,9-10,15H2,1-3H3/b24-16+/t22-,23?,34?,35?/m0/s1. The predicted octanol–water partition coefficient (Wildman–Crippen LogP) is 10.6. The highest BCUT2D eigenvalue weighted by Crippen LogP contribution is 2.62. The Hall–Kier alpha value is -3.70. The van der Waals surface area contributed by atoms with E-state index in [1.807, 2.05) is 23.5 Å².